The van der Waals surface area contributed by atoms with Crippen molar-refractivity contribution < 1.29 is 9.21 Å². The minimum absolute atomic E-state index is 0.252. The van der Waals surface area contributed by atoms with Crippen LogP contribution in [0.15, 0.2) is 16.7 Å². The maximum Gasteiger partial charge on any atom is 0.287 e. The Balaban J connectivity index is 2.69. The fraction of sp³-hybridized carbons (Fsp3) is 0.333. The van der Waals surface area contributed by atoms with Crippen LogP contribution < -0.4 is 11.1 Å². The highest BCUT2D eigenvalue weighted by Gasteiger charge is 2.15. The van der Waals surface area contributed by atoms with Gasteiger partial charge in [-0.25, -0.2) is 0 Å². The highest BCUT2D eigenvalue weighted by Crippen LogP contribution is 2.08. The normalized spacial score (nSPS) is 12.1. The molecule has 4 nitrogen and oxygen atoms in total. The molecular weight excluding hydrogens is 200 g/mol. The highest BCUT2D eigenvalue weighted by molar-refractivity contribution is 7.80. The van der Waals surface area contributed by atoms with Gasteiger partial charge in [-0.15, -0.1) is 0 Å². The van der Waals surface area contributed by atoms with E-state index in [9.17, 15) is 4.79 Å². The second-order valence-electron chi connectivity index (χ2n) is 3.03. The summed E-state index contributed by atoms with van der Waals surface area (Å²) in [6.07, 6.45) is 1.47. The molecule has 1 aromatic heterocycles. The van der Waals surface area contributed by atoms with Crippen molar-refractivity contribution in [3.8, 4) is 0 Å². The van der Waals surface area contributed by atoms with E-state index in [2.05, 4.69) is 5.32 Å². The molecule has 3 N–H and O–H groups in total. The molecule has 0 aromatic carbocycles. The molecule has 14 heavy (non-hydrogen) atoms. The summed E-state index contributed by atoms with van der Waals surface area (Å²) >= 11 is 4.73. The fourth-order valence-electron chi connectivity index (χ4n) is 0.939. The first-order chi connectivity index (χ1) is 6.52. The first kappa shape index (κ1) is 10.7. The van der Waals surface area contributed by atoms with E-state index in [-0.39, 0.29) is 16.9 Å². The van der Waals surface area contributed by atoms with Crippen LogP contribution in [0.2, 0.25) is 0 Å². The van der Waals surface area contributed by atoms with Gasteiger partial charge in [0.25, 0.3) is 5.91 Å². The molecule has 0 radical (unpaired) electrons. The summed E-state index contributed by atoms with van der Waals surface area (Å²) in [5, 5.41) is 2.62. The van der Waals surface area contributed by atoms with Gasteiger partial charge in [0, 0.05) is 5.56 Å². The number of amides is 1. The summed E-state index contributed by atoms with van der Waals surface area (Å²) in [6.45, 7) is 3.52. The fourth-order valence-corrected chi connectivity index (χ4v) is 0.998. The molecule has 0 aliphatic heterocycles. The van der Waals surface area contributed by atoms with Gasteiger partial charge in [0.1, 0.15) is 0 Å². The Morgan fingerprint density at radius 2 is 2.36 bits per heavy atom. The van der Waals surface area contributed by atoms with E-state index in [1.165, 1.54) is 6.26 Å². The average Bonchev–Trinajstić information content (AvgIpc) is 2.51. The van der Waals surface area contributed by atoms with E-state index in [0.717, 1.165) is 5.56 Å². The lowest BCUT2D eigenvalue weighted by atomic mass is 10.2. The van der Waals surface area contributed by atoms with Crippen LogP contribution in [-0.4, -0.2) is 16.9 Å². The van der Waals surface area contributed by atoms with Gasteiger partial charge >= 0.3 is 0 Å². The Labute approximate surface area is 87.5 Å². The summed E-state index contributed by atoms with van der Waals surface area (Å²) in [6, 6.07) is 1.39. The Bertz CT molecular complexity index is 359. The number of nitrogens with two attached hydrogens (primary N) is 1. The molecule has 1 heterocycles. The second-order valence-corrected chi connectivity index (χ2v) is 3.50. The Morgan fingerprint density at radius 3 is 2.79 bits per heavy atom. The molecule has 0 aliphatic rings. The summed E-state index contributed by atoms with van der Waals surface area (Å²) in [5.74, 6) is 0.000833. The first-order valence-electron chi connectivity index (χ1n) is 4.16. The maximum absolute atomic E-state index is 11.5. The van der Waals surface area contributed by atoms with Crippen molar-refractivity contribution in [2.75, 3.05) is 0 Å². The minimum Gasteiger partial charge on any atom is -0.459 e. The van der Waals surface area contributed by atoms with Crippen molar-refractivity contribution in [3.63, 3.8) is 0 Å². The molecule has 0 saturated heterocycles. The Hall–Kier alpha value is -1.36. The molecule has 0 bridgehead atoms. The van der Waals surface area contributed by atoms with Crippen LogP contribution >= 0.6 is 12.2 Å². The number of aryl methyl sites for hydroxylation is 1. The Kier molecular flexibility index (Phi) is 3.24. The lowest BCUT2D eigenvalue weighted by molar-refractivity contribution is 0.0920. The van der Waals surface area contributed by atoms with E-state index in [1.807, 2.05) is 0 Å². The number of thiocarbonyl (C=S) groups is 1. The van der Waals surface area contributed by atoms with Crippen LogP contribution in [0.5, 0.6) is 0 Å². The summed E-state index contributed by atoms with van der Waals surface area (Å²) in [5.41, 5.74) is 6.15. The smallest absolute Gasteiger partial charge is 0.287 e. The second kappa shape index (κ2) is 4.23. The SMILES string of the molecule is Cc1ccoc1C(=O)NC(C)C(N)=S. The zero-order valence-corrected chi connectivity index (χ0v) is 8.85. The number of nitrogens with one attached hydrogen (secondary N) is 1. The topological polar surface area (TPSA) is 68.3 Å². The predicted molar refractivity (Wildman–Crippen MR) is 57.2 cm³/mol. The van der Waals surface area contributed by atoms with Gasteiger partial charge in [0.2, 0.25) is 0 Å². The zero-order chi connectivity index (χ0) is 10.7. The number of carbonyl (C=O) groups is 1. The standard InChI is InChI=1S/C9H12N2O2S/c1-5-3-4-13-7(5)9(12)11-6(2)8(10)14/h3-4,6H,1-2H3,(H2,10,14)(H,11,12). The van der Waals surface area contributed by atoms with Gasteiger partial charge in [-0.3, -0.25) is 4.79 Å². The molecule has 1 amide bonds. The van der Waals surface area contributed by atoms with Gasteiger partial charge in [0.15, 0.2) is 5.76 Å². The van der Waals surface area contributed by atoms with Crippen LogP contribution in [0.1, 0.15) is 23.0 Å². The van der Waals surface area contributed by atoms with E-state index < -0.39 is 0 Å². The van der Waals surface area contributed by atoms with Crippen molar-refractivity contribution >= 4 is 23.1 Å². The van der Waals surface area contributed by atoms with Crippen molar-refractivity contribution in [2.45, 2.75) is 19.9 Å². The van der Waals surface area contributed by atoms with E-state index >= 15 is 0 Å². The number of hydrogen-bond acceptors (Lipinski definition) is 3. The van der Waals surface area contributed by atoms with Crippen molar-refractivity contribution in [3.05, 3.63) is 23.7 Å². The molecule has 0 spiro atoms. The van der Waals surface area contributed by atoms with Crippen LogP contribution in [0.25, 0.3) is 0 Å². The number of rotatable bonds is 3. The minimum atomic E-state index is -0.331. The predicted octanol–water partition coefficient (Wildman–Crippen LogP) is 0.992. The lowest BCUT2D eigenvalue weighted by Crippen LogP contribution is -2.41. The molecule has 1 rings (SSSR count). The summed E-state index contributed by atoms with van der Waals surface area (Å²) in [4.78, 5) is 11.8. The monoisotopic (exact) mass is 212 g/mol. The van der Waals surface area contributed by atoms with Crippen molar-refractivity contribution in [2.24, 2.45) is 5.73 Å². The Morgan fingerprint density at radius 1 is 1.71 bits per heavy atom. The lowest BCUT2D eigenvalue weighted by Gasteiger charge is -2.10. The van der Waals surface area contributed by atoms with E-state index in [4.69, 9.17) is 22.4 Å². The molecule has 76 valence electrons. The maximum atomic E-state index is 11.5. The van der Waals surface area contributed by atoms with Crippen LogP contribution in [0.4, 0.5) is 0 Å². The third-order valence-electron chi connectivity index (χ3n) is 1.84. The summed E-state index contributed by atoms with van der Waals surface area (Å²) in [7, 11) is 0. The van der Waals surface area contributed by atoms with Crippen molar-refractivity contribution in [1.29, 1.82) is 0 Å². The molecular formula is C9H12N2O2S. The van der Waals surface area contributed by atoms with Crippen molar-refractivity contribution in [1.82, 2.24) is 5.32 Å². The van der Waals surface area contributed by atoms with Gasteiger partial charge < -0.3 is 15.5 Å². The van der Waals surface area contributed by atoms with Crippen LogP contribution in [0.3, 0.4) is 0 Å². The van der Waals surface area contributed by atoms with Gasteiger partial charge in [-0.05, 0) is 19.9 Å². The number of hydrogen-bond donors (Lipinski definition) is 2. The van der Waals surface area contributed by atoms with Crippen LogP contribution in [0, 0.1) is 6.92 Å². The highest BCUT2D eigenvalue weighted by atomic mass is 32.1. The molecule has 1 unspecified atom stereocenters. The van der Waals surface area contributed by atoms with Gasteiger partial charge in [0.05, 0.1) is 17.3 Å². The zero-order valence-electron chi connectivity index (χ0n) is 8.03. The van der Waals surface area contributed by atoms with Crippen LogP contribution in [-0.2, 0) is 0 Å². The third-order valence-corrected chi connectivity index (χ3v) is 2.20. The summed E-state index contributed by atoms with van der Waals surface area (Å²) < 4.78 is 5.01. The third kappa shape index (κ3) is 2.32. The first-order valence-corrected chi connectivity index (χ1v) is 4.57. The van der Waals surface area contributed by atoms with Gasteiger partial charge in [-0.2, -0.15) is 0 Å². The molecule has 5 heteroatoms. The van der Waals surface area contributed by atoms with E-state index in [0.29, 0.717) is 5.76 Å². The van der Waals surface area contributed by atoms with E-state index in [1.54, 1.807) is 19.9 Å². The molecule has 1 atom stereocenters. The van der Waals surface area contributed by atoms with Gasteiger partial charge in [-0.1, -0.05) is 12.2 Å². The quantitative estimate of drug-likeness (QED) is 0.733. The molecule has 0 saturated carbocycles. The number of furan rings is 1. The largest absolute Gasteiger partial charge is 0.459 e. The average molecular weight is 212 g/mol. The number of carbonyl (C=O) groups excluding carboxylic acids is 1. The molecule has 1 aromatic rings. The molecule has 0 aliphatic carbocycles. The molecule has 0 fully saturated rings.